The summed E-state index contributed by atoms with van der Waals surface area (Å²) >= 11 is 9.08. The SMILES string of the molecule is C[C@@H](O)[C@H](NC(=O)[C@@H](NC(=O)[C@@H](NC(=O)[C@H](CCCCN)NC(=O)[C@@H](Cc1c[nH]c2ccccc12)NC(=O)[C@H](Cc1ccccc1)NC(=O)[C@@H](NC(=O)[C@@H](N)Cc1ccccc1)C(C)(C)S)[C@@H](C)O)C(C)(C)S)C(=O)O. The van der Waals surface area contributed by atoms with E-state index in [4.69, 9.17) is 11.5 Å². The first kappa shape index (κ1) is 62.0. The molecule has 10 atom stereocenters. The third kappa shape index (κ3) is 18.7. The van der Waals surface area contributed by atoms with Crippen LogP contribution in [-0.4, -0.2) is 144 Å². The Morgan fingerprint density at radius 3 is 1.53 bits per heavy atom. The molecule has 1 heterocycles. The van der Waals surface area contributed by atoms with E-state index in [0.717, 1.165) is 23.4 Å². The molecule has 0 fully saturated rings. The number of hydrogen-bond donors (Lipinski definition) is 15. The van der Waals surface area contributed by atoms with Crippen LogP contribution in [0.5, 0.6) is 0 Å². The number of carboxylic acid groups (broad SMARTS) is 1. The van der Waals surface area contributed by atoms with Gasteiger partial charge in [-0.3, -0.25) is 33.6 Å². The van der Waals surface area contributed by atoms with Gasteiger partial charge in [0.25, 0.3) is 0 Å². The highest BCUT2D eigenvalue weighted by Gasteiger charge is 2.41. The van der Waals surface area contributed by atoms with Crippen molar-refractivity contribution in [1.82, 2.24) is 42.2 Å². The predicted molar refractivity (Wildman–Crippen MR) is 294 cm³/mol. The minimum atomic E-state index is -1.75. The van der Waals surface area contributed by atoms with Gasteiger partial charge in [0.2, 0.25) is 41.4 Å². The number of hydrogen-bond acceptors (Lipinski definition) is 14. The summed E-state index contributed by atoms with van der Waals surface area (Å²) < 4.78 is -2.55. The van der Waals surface area contributed by atoms with E-state index < -0.39 is 117 Å². The number of rotatable bonds is 29. The van der Waals surface area contributed by atoms with Gasteiger partial charge in [0.05, 0.1) is 18.2 Å². The Balaban J connectivity index is 1.67. The first-order chi connectivity index (χ1) is 35.7. The quantitative estimate of drug-likeness (QED) is 0.0258. The number of H-pyrrole nitrogens is 1. The zero-order valence-corrected chi connectivity index (χ0v) is 45.3. The van der Waals surface area contributed by atoms with Gasteiger partial charge in [-0.1, -0.05) is 78.9 Å². The standard InChI is InChI=1S/C53H74N10O11S2/c1-29(64)40(48(70)63-43(53(5,6)76)50(72)61-41(30(2)65)51(73)74)60-45(67)37(23-15-16-24-54)57-47(69)39(27-33-28-56-36-22-14-13-21-34(33)36)58-46(68)38(26-32-19-11-8-12-20-32)59-49(71)42(52(3,4)75)62-44(66)35(55)25-31-17-9-7-10-18-31/h7-14,17-22,28-30,35,37-43,56,64-65,75-76H,15-16,23-27,54-55H2,1-6H3,(H,57,69)(H,58,68)(H,59,71)(H,60,67)(H,61,72)(H,62,66)(H,63,70)(H,73,74)/t29-,30-,35+,37+,38+,39-,40+,41+,42-,43-/m1/s1. The molecule has 4 rings (SSSR count). The normalized spacial score (nSPS) is 15.7. The summed E-state index contributed by atoms with van der Waals surface area (Å²) in [5.74, 6) is -7.63. The number of aliphatic carboxylic acids is 1. The molecule has 76 heavy (non-hydrogen) atoms. The van der Waals surface area contributed by atoms with Crippen molar-refractivity contribution in [2.24, 2.45) is 11.5 Å². The van der Waals surface area contributed by atoms with E-state index in [-0.39, 0.29) is 32.2 Å². The van der Waals surface area contributed by atoms with Gasteiger partial charge in [-0.15, -0.1) is 0 Å². The third-order valence-electron chi connectivity index (χ3n) is 12.5. The maximum Gasteiger partial charge on any atom is 0.328 e. The van der Waals surface area contributed by atoms with Crippen LogP contribution in [0.2, 0.25) is 0 Å². The van der Waals surface area contributed by atoms with Gasteiger partial charge in [-0.05, 0) is 96.5 Å². The van der Waals surface area contributed by atoms with Crippen molar-refractivity contribution in [3.63, 3.8) is 0 Å². The summed E-state index contributed by atoms with van der Waals surface area (Å²) in [6.07, 6.45) is -0.792. The number of fused-ring (bicyclic) bond motifs is 1. The zero-order chi connectivity index (χ0) is 56.5. The Morgan fingerprint density at radius 2 is 1.00 bits per heavy atom. The highest BCUT2D eigenvalue weighted by molar-refractivity contribution is 7.82. The van der Waals surface area contributed by atoms with Gasteiger partial charge in [0, 0.05) is 39.4 Å². The molecule has 1 aromatic heterocycles. The number of benzene rings is 3. The number of thiol groups is 2. The van der Waals surface area contributed by atoms with Crippen molar-refractivity contribution in [1.29, 1.82) is 0 Å². The number of amides is 7. The fourth-order valence-electron chi connectivity index (χ4n) is 8.20. The lowest BCUT2D eigenvalue weighted by Gasteiger charge is -2.33. The minimum Gasteiger partial charge on any atom is -0.480 e. The predicted octanol–water partition coefficient (Wildman–Crippen LogP) is 0.309. The summed E-state index contributed by atoms with van der Waals surface area (Å²) in [5, 5.41) is 49.3. The van der Waals surface area contributed by atoms with Gasteiger partial charge in [0.15, 0.2) is 6.04 Å². The van der Waals surface area contributed by atoms with Crippen molar-refractivity contribution in [3.05, 3.63) is 108 Å². The number of nitrogens with two attached hydrogens (primary N) is 2. The Kier molecular flexibility index (Phi) is 23.3. The Bertz CT molecular complexity index is 2610. The number of aromatic nitrogens is 1. The van der Waals surface area contributed by atoms with Crippen LogP contribution in [0.1, 0.15) is 77.5 Å². The zero-order valence-electron chi connectivity index (χ0n) is 43.5. The average Bonchev–Trinajstić information content (AvgIpc) is 3.76. The monoisotopic (exact) mass is 1090 g/mol. The molecule has 3 aromatic carbocycles. The molecule has 0 saturated heterocycles. The first-order valence-electron chi connectivity index (χ1n) is 25.0. The Morgan fingerprint density at radius 1 is 0.553 bits per heavy atom. The molecular formula is C53H74N10O11S2. The maximum absolute atomic E-state index is 14.8. The summed E-state index contributed by atoms with van der Waals surface area (Å²) in [4.78, 5) is 114. The molecule has 7 amide bonds. The smallest absolute Gasteiger partial charge is 0.328 e. The lowest BCUT2D eigenvalue weighted by Crippen LogP contribution is -2.64. The second kappa shape index (κ2) is 28.6. The van der Waals surface area contributed by atoms with E-state index >= 15 is 0 Å². The summed E-state index contributed by atoms with van der Waals surface area (Å²) in [7, 11) is 0. The fourth-order valence-corrected chi connectivity index (χ4v) is 8.57. The molecular weight excluding hydrogens is 1020 g/mol. The van der Waals surface area contributed by atoms with Gasteiger partial charge >= 0.3 is 5.97 Å². The summed E-state index contributed by atoms with van der Waals surface area (Å²) in [5.41, 5.74) is 14.9. The number of unbranched alkanes of at least 4 members (excludes halogenated alkanes) is 1. The second-order valence-electron chi connectivity index (χ2n) is 20.0. The summed E-state index contributed by atoms with van der Waals surface area (Å²) in [6.45, 7) is 8.71. The molecule has 0 aliphatic carbocycles. The van der Waals surface area contributed by atoms with E-state index in [0.29, 0.717) is 24.0 Å². The molecule has 23 heteroatoms. The maximum atomic E-state index is 14.8. The van der Waals surface area contributed by atoms with Crippen LogP contribution < -0.4 is 48.7 Å². The topological polar surface area (TPSA) is 349 Å². The van der Waals surface area contributed by atoms with Gasteiger partial charge < -0.3 is 69.0 Å². The Hall–Kier alpha value is -6.50. The number of para-hydroxylation sites is 1. The molecule has 21 nitrogen and oxygen atoms in total. The highest BCUT2D eigenvalue weighted by Crippen LogP contribution is 2.22. The molecule has 414 valence electrons. The number of aromatic amines is 1. The largest absolute Gasteiger partial charge is 0.480 e. The molecule has 4 aromatic rings. The number of carbonyl (C=O) groups excluding carboxylic acids is 7. The van der Waals surface area contributed by atoms with Crippen molar-refractivity contribution < 1.29 is 53.7 Å². The molecule has 0 aliphatic rings. The minimum absolute atomic E-state index is 0.0321. The number of aliphatic hydroxyl groups is 2. The van der Waals surface area contributed by atoms with Crippen molar-refractivity contribution >= 4 is 83.5 Å². The van der Waals surface area contributed by atoms with Crippen LogP contribution in [0.4, 0.5) is 0 Å². The molecule has 0 aliphatic heterocycles. The van der Waals surface area contributed by atoms with E-state index in [1.165, 1.54) is 20.8 Å². The van der Waals surface area contributed by atoms with E-state index in [2.05, 4.69) is 67.5 Å². The van der Waals surface area contributed by atoms with Crippen molar-refractivity contribution in [3.8, 4) is 0 Å². The van der Waals surface area contributed by atoms with Crippen LogP contribution >= 0.6 is 25.3 Å². The van der Waals surface area contributed by atoms with E-state index in [1.54, 1.807) is 56.4 Å². The van der Waals surface area contributed by atoms with Gasteiger partial charge in [-0.25, -0.2) is 4.79 Å². The van der Waals surface area contributed by atoms with Crippen LogP contribution in [0.25, 0.3) is 10.9 Å². The van der Waals surface area contributed by atoms with E-state index in [9.17, 15) is 53.7 Å². The first-order valence-corrected chi connectivity index (χ1v) is 25.9. The number of carboxylic acids is 1. The highest BCUT2D eigenvalue weighted by atomic mass is 32.1. The molecule has 0 radical (unpaired) electrons. The number of nitrogens with one attached hydrogen (secondary N) is 8. The van der Waals surface area contributed by atoms with Crippen LogP contribution in [0, 0.1) is 0 Å². The molecule has 0 spiro atoms. The van der Waals surface area contributed by atoms with Gasteiger partial charge in [0.1, 0.15) is 36.3 Å². The number of aliphatic hydroxyl groups excluding tert-OH is 2. The van der Waals surface area contributed by atoms with Crippen LogP contribution in [0.3, 0.4) is 0 Å². The van der Waals surface area contributed by atoms with Crippen LogP contribution in [-0.2, 0) is 57.6 Å². The molecule has 15 N–H and O–H groups in total. The lowest BCUT2D eigenvalue weighted by molar-refractivity contribution is -0.145. The fraction of sp³-hybridized carbons (Fsp3) is 0.472. The molecule has 0 saturated carbocycles. The average molecular weight is 1090 g/mol. The van der Waals surface area contributed by atoms with Crippen molar-refractivity contribution in [2.45, 2.75) is 150 Å². The van der Waals surface area contributed by atoms with Crippen LogP contribution in [0.15, 0.2) is 91.1 Å². The third-order valence-corrected chi connectivity index (χ3v) is 13.0. The van der Waals surface area contributed by atoms with Crippen molar-refractivity contribution in [2.75, 3.05) is 6.54 Å². The summed E-state index contributed by atoms with van der Waals surface area (Å²) in [6, 6.07) is 13.5. The Labute approximate surface area is 453 Å². The number of carbonyl (C=O) groups is 8. The molecule has 0 unspecified atom stereocenters. The lowest BCUT2D eigenvalue weighted by atomic mass is 9.98. The second-order valence-corrected chi connectivity index (χ2v) is 22.3. The molecule has 0 bridgehead atoms. The van der Waals surface area contributed by atoms with E-state index in [1.807, 2.05) is 48.5 Å². The van der Waals surface area contributed by atoms with Gasteiger partial charge in [-0.2, -0.15) is 25.3 Å².